The second kappa shape index (κ2) is 5.00. The number of nitrogens with one attached hydrogen (secondary N) is 1. The summed E-state index contributed by atoms with van der Waals surface area (Å²) >= 11 is 0. The highest BCUT2D eigenvalue weighted by Crippen LogP contribution is 2.36. The van der Waals surface area contributed by atoms with Gasteiger partial charge in [0.05, 0.1) is 0 Å². The maximum Gasteiger partial charge on any atom is 0.217 e. The van der Waals surface area contributed by atoms with Gasteiger partial charge in [0, 0.05) is 12.5 Å². The summed E-state index contributed by atoms with van der Waals surface area (Å²) in [7, 11) is 0. The van der Waals surface area contributed by atoms with Gasteiger partial charge in [-0.15, -0.1) is 0 Å². The molecule has 2 nitrogen and oxygen atoms in total. The van der Waals surface area contributed by atoms with E-state index in [1.165, 1.54) is 32.1 Å². The molecule has 1 rings (SSSR count). The van der Waals surface area contributed by atoms with Crippen LogP contribution < -0.4 is 5.32 Å². The molecule has 0 saturated heterocycles. The molecule has 0 aromatic rings. The minimum Gasteiger partial charge on any atom is -0.351 e. The molecule has 0 spiro atoms. The van der Waals surface area contributed by atoms with E-state index < -0.39 is 0 Å². The predicted molar refractivity (Wildman–Crippen MR) is 63.6 cm³/mol. The van der Waals surface area contributed by atoms with E-state index in [1.54, 1.807) is 6.92 Å². The average molecular weight is 211 g/mol. The van der Waals surface area contributed by atoms with Gasteiger partial charge in [-0.3, -0.25) is 4.79 Å². The minimum absolute atomic E-state index is 0.00769. The molecule has 0 radical (unpaired) electrons. The first-order valence-corrected chi connectivity index (χ1v) is 6.25. The number of rotatable bonds is 3. The summed E-state index contributed by atoms with van der Waals surface area (Å²) in [5.41, 5.74) is -0.00769. The first-order chi connectivity index (χ1) is 6.97. The van der Waals surface area contributed by atoms with Crippen molar-refractivity contribution in [3.63, 3.8) is 0 Å². The lowest BCUT2D eigenvalue weighted by atomic mass is 9.70. The fraction of sp³-hybridized carbons (Fsp3) is 0.923. The molecule has 0 bridgehead atoms. The summed E-state index contributed by atoms with van der Waals surface area (Å²) in [6.07, 6.45) is 6.56. The monoisotopic (exact) mass is 211 g/mol. The largest absolute Gasteiger partial charge is 0.351 e. The summed E-state index contributed by atoms with van der Waals surface area (Å²) in [6, 6.07) is 0. The van der Waals surface area contributed by atoms with Gasteiger partial charge in [0.25, 0.3) is 0 Å². The Hall–Kier alpha value is -0.530. The lowest BCUT2D eigenvalue weighted by Crippen LogP contribution is -2.55. The highest BCUT2D eigenvalue weighted by molar-refractivity contribution is 5.73. The van der Waals surface area contributed by atoms with Crippen molar-refractivity contribution in [3.05, 3.63) is 0 Å². The van der Waals surface area contributed by atoms with Crippen molar-refractivity contribution >= 4 is 5.91 Å². The molecule has 1 N–H and O–H groups in total. The van der Waals surface area contributed by atoms with Crippen LogP contribution in [-0.2, 0) is 4.79 Å². The molecule has 1 atom stereocenters. The molecule has 0 unspecified atom stereocenters. The van der Waals surface area contributed by atoms with E-state index >= 15 is 0 Å². The van der Waals surface area contributed by atoms with Crippen LogP contribution >= 0.6 is 0 Å². The van der Waals surface area contributed by atoms with Crippen molar-refractivity contribution in [3.8, 4) is 0 Å². The zero-order valence-corrected chi connectivity index (χ0v) is 10.6. The van der Waals surface area contributed by atoms with E-state index in [-0.39, 0.29) is 11.4 Å². The number of carbonyl (C=O) groups is 1. The van der Waals surface area contributed by atoms with E-state index in [4.69, 9.17) is 0 Å². The molecule has 2 heteroatoms. The molecule has 1 aliphatic carbocycles. The smallest absolute Gasteiger partial charge is 0.217 e. The standard InChI is InChI=1S/C13H25NO/c1-10(2)13(4,14-11(3)15)12-8-6-5-7-9-12/h10,12H,5-9H2,1-4H3,(H,14,15)/t13-/m1/s1. The second-order valence-electron chi connectivity index (χ2n) is 5.45. The molecule has 15 heavy (non-hydrogen) atoms. The lowest BCUT2D eigenvalue weighted by molar-refractivity contribution is -0.122. The van der Waals surface area contributed by atoms with Gasteiger partial charge in [-0.05, 0) is 31.6 Å². The van der Waals surface area contributed by atoms with Crippen molar-refractivity contribution in [2.45, 2.75) is 65.3 Å². The minimum atomic E-state index is -0.00769. The fourth-order valence-electron chi connectivity index (χ4n) is 2.80. The van der Waals surface area contributed by atoms with Crippen molar-refractivity contribution in [2.24, 2.45) is 11.8 Å². The summed E-state index contributed by atoms with van der Waals surface area (Å²) < 4.78 is 0. The number of hydrogen-bond acceptors (Lipinski definition) is 1. The highest BCUT2D eigenvalue weighted by Gasteiger charge is 2.38. The van der Waals surface area contributed by atoms with Crippen molar-refractivity contribution in [1.29, 1.82) is 0 Å². The first kappa shape index (κ1) is 12.5. The van der Waals surface area contributed by atoms with Gasteiger partial charge in [-0.2, -0.15) is 0 Å². The molecular weight excluding hydrogens is 186 g/mol. The normalized spacial score (nSPS) is 22.5. The van der Waals surface area contributed by atoms with E-state index in [2.05, 4.69) is 26.1 Å². The summed E-state index contributed by atoms with van der Waals surface area (Å²) in [5, 5.41) is 3.19. The average Bonchev–Trinajstić information content (AvgIpc) is 2.17. The Bertz CT molecular complexity index is 219. The number of hydrogen-bond donors (Lipinski definition) is 1. The number of amides is 1. The Kier molecular flexibility index (Phi) is 4.18. The predicted octanol–water partition coefficient (Wildman–Crippen LogP) is 3.12. The maximum atomic E-state index is 11.3. The first-order valence-electron chi connectivity index (χ1n) is 6.25. The highest BCUT2D eigenvalue weighted by atomic mass is 16.1. The van der Waals surface area contributed by atoms with E-state index in [0.29, 0.717) is 11.8 Å². The van der Waals surface area contributed by atoms with Crippen LogP contribution in [0.25, 0.3) is 0 Å². The Morgan fingerprint density at radius 1 is 1.27 bits per heavy atom. The third-order valence-corrected chi connectivity index (χ3v) is 4.10. The molecule has 88 valence electrons. The zero-order chi connectivity index (χ0) is 11.5. The van der Waals surface area contributed by atoms with Crippen LogP contribution in [0.1, 0.15) is 59.8 Å². The van der Waals surface area contributed by atoms with Crippen LogP contribution in [0, 0.1) is 11.8 Å². The molecule has 1 aliphatic rings. The molecule has 0 aromatic heterocycles. The quantitative estimate of drug-likeness (QED) is 0.763. The van der Waals surface area contributed by atoms with Crippen molar-refractivity contribution in [1.82, 2.24) is 5.32 Å². The van der Waals surface area contributed by atoms with Crippen LogP contribution in [-0.4, -0.2) is 11.4 Å². The number of carbonyl (C=O) groups excluding carboxylic acids is 1. The van der Waals surface area contributed by atoms with Crippen molar-refractivity contribution < 1.29 is 4.79 Å². The second-order valence-corrected chi connectivity index (χ2v) is 5.45. The third-order valence-electron chi connectivity index (χ3n) is 4.10. The molecule has 1 fully saturated rings. The third kappa shape index (κ3) is 2.96. The van der Waals surface area contributed by atoms with Crippen LogP contribution in [0.5, 0.6) is 0 Å². The Balaban J connectivity index is 2.74. The van der Waals surface area contributed by atoms with Gasteiger partial charge in [-0.25, -0.2) is 0 Å². The molecular formula is C13H25NO. The Morgan fingerprint density at radius 2 is 1.80 bits per heavy atom. The molecule has 0 aliphatic heterocycles. The van der Waals surface area contributed by atoms with Crippen LogP contribution in [0.2, 0.25) is 0 Å². The van der Waals surface area contributed by atoms with Gasteiger partial charge in [0.1, 0.15) is 0 Å². The van der Waals surface area contributed by atoms with Gasteiger partial charge in [0.15, 0.2) is 0 Å². The van der Waals surface area contributed by atoms with E-state index in [1.807, 2.05) is 0 Å². The summed E-state index contributed by atoms with van der Waals surface area (Å²) in [6.45, 7) is 8.27. The molecule has 0 heterocycles. The fourth-order valence-corrected chi connectivity index (χ4v) is 2.80. The molecule has 1 amide bonds. The van der Waals surface area contributed by atoms with Gasteiger partial charge in [-0.1, -0.05) is 33.1 Å². The summed E-state index contributed by atoms with van der Waals surface area (Å²) in [5.74, 6) is 1.27. The van der Waals surface area contributed by atoms with Gasteiger partial charge >= 0.3 is 0 Å². The van der Waals surface area contributed by atoms with E-state index in [0.717, 1.165) is 0 Å². The van der Waals surface area contributed by atoms with Gasteiger partial charge in [0.2, 0.25) is 5.91 Å². The Morgan fingerprint density at radius 3 is 2.20 bits per heavy atom. The molecule has 0 aromatic carbocycles. The van der Waals surface area contributed by atoms with Crippen LogP contribution in [0.15, 0.2) is 0 Å². The Labute approximate surface area is 93.8 Å². The topological polar surface area (TPSA) is 29.1 Å². The zero-order valence-electron chi connectivity index (χ0n) is 10.6. The SMILES string of the molecule is CC(=O)N[C@](C)(C(C)C)C1CCCCC1. The van der Waals surface area contributed by atoms with Crippen molar-refractivity contribution in [2.75, 3.05) is 0 Å². The lowest BCUT2D eigenvalue weighted by Gasteiger charge is -2.43. The molecule has 1 saturated carbocycles. The van der Waals surface area contributed by atoms with Crippen LogP contribution in [0.4, 0.5) is 0 Å². The van der Waals surface area contributed by atoms with Gasteiger partial charge < -0.3 is 5.32 Å². The van der Waals surface area contributed by atoms with Crippen LogP contribution in [0.3, 0.4) is 0 Å². The summed E-state index contributed by atoms with van der Waals surface area (Å²) in [4.78, 5) is 11.3. The van der Waals surface area contributed by atoms with E-state index in [9.17, 15) is 4.79 Å². The maximum absolute atomic E-state index is 11.3.